The number of imidazole rings is 1. The Hall–Kier alpha value is -0.140. The standard InChI is InChI=1S/C12H21IN2O2/c1-4-7-8-9-14-10(11(13)15-9)12(16-5-2)17-6-3/h12H,4-8H2,1-3H3,(H,14,15). The van der Waals surface area contributed by atoms with E-state index in [1.165, 1.54) is 6.42 Å². The van der Waals surface area contributed by atoms with E-state index in [2.05, 4.69) is 39.5 Å². The highest BCUT2D eigenvalue weighted by Crippen LogP contribution is 2.22. The summed E-state index contributed by atoms with van der Waals surface area (Å²) in [6.45, 7) is 7.37. The van der Waals surface area contributed by atoms with Gasteiger partial charge in [-0.1, -0.05) is 13.3 Å². The van der Waals surface area contributed by atoms with Gasteiger partial charge in [-0.15, -0.1) is 0 Å². The smallest absolute Gasteiger partial charge is 0.201 e. The molecule has 0 radical (unpaired) electrons. The first-order valence-corrected chi connectivity index (χ1v) is 7.28. The molecular weight excluding hydrogens is 331 g/mol. The fourth-order valence-corrected chi connectivity index (χ4v) is 2.23. The van der Waals surface area contributed by atoms with Gasteiger partial charge >= 0.3 is 0 Å². The van der Waals surface area contributed by atoms with Gasteiger partial charge in [-0.3, -0.25) is 0 Å². The summed E-state index contributed by atoms with van der Waals surface area (Å²) in [5.74, 6) is 1.02. The number of unbranched alkanes of at least 4 members (excludes halogenated alkanes) is 1. The normalized spacial score (nSPS) is 11.4. The lowest BCUT2D eigenvalue weighted by atomic mass is 10.2. The molecule has 0 spiro atoms. The summed E-state index contributed by atoms with van der Waals surface area (Å²) in [6, 6.07) is 0. The van der Waals surface area contributed by atoms with Crippen LogP contribution in [-0.2, 0) is 15.9 Å². The number of nitrogens with one attached hydrogen (secondary N) is 1. The summed E-state index contributed by atoms with van der Waals surface area (Å²) in [5, 5.41) is 0. The molecular formula is C12H21IN2O2. The van der Waals surface area contributed by atoms with Crippen LogP contribution in [0.15, 0.2) is 0 Å². The van der Waals surface area contributed by atoms with Crippen molar-refractivity contribution >= 4 is 22.6 Å². The monoisotopic (exact) mass is 352 g/mol. The van der Waals surface area contributed by atoms with Crippen molar-refractivity contribution in [2.75, 3.05) is 13.2 Å². The summed E-state index contributed by atoms with van der Waals surface area (Å²) >= 11 is 2.23. The zero-order chi connectivity index (χ0) is 12.7. The van der Waals surface area contributed by atoms with Gasteiger partial charge in [-0.25, -0.2) is 4.98 Å². The first-order chi connectivity index (χ1) is 8.22. The first kappa shape index (κ1) is 14.9. The van der Waals surface area contributed by atoms with Crippen molar-refractivity contribution < 1.29 is 9.47 Å². The molecule has 1 heterocycles. The lowest BCUT2D eigenvalue weighted by Gasteiger charge is -2.15. The highest BCUT2D eigenvalue weighted by Gasteiger charge is 2.18. The molecule has 0 aromatic carbocycles. The summed E-state index contributed by atoms with van der Waals surface area (Å²) in [4.78, 5) is 7.82. The van der Waals surface area contributed by atoms with Gasteiger partial charge in [-0.05, 0) is 42.9 Å². The second-order valence-electron chi connectivity index (χ2n) is 3.73. The number of aryl methyl sites for hydroxylation is 1. The van der Waals surface area contributed by atoms with Crippen molar-refractivity contribution in [1.82, 2.24) is 9.97 Å². The van der Waals surface area contributed by atoms with E-state index in [1.54, 1.807) is 0 Å². The number of hydrogen-bond acceptors (Lipinski definition) is 3. The molecule has 1 rings (SSSR count). The highest BCUT2D eigenvalue weighted by atomic mass is 127. The topological polar surface area (TPSA) is 47.1 Å². The van der Waals surface area contributed by atoms with Crippen LogP contribution in [0, 0.1) is 3.70 Å². The first-order valence-electron chi connectivity index (χ1n) is 6.20. The van der Waals surface area contributed by atoms with Gasteiger partial charge < -0.3 is 14.5 Å². The van der Waals surface area contributed by atoms with Crippen molar-refractivity contribution in [1.29, 1.82) is 0 Å². The minimum atomic E-state index is -0.320. The van der Waals surface area contributed by atoms with Crippen LogP contribution >= 0.6 is 22.6 Å². The number of hydrogen-bond donors (Lipinski definition) is 1. The maximum atomic E-state index is 5.57. The van der Waals surface area contributed by atoms with Gasteiger partial charge in [0.2, 0.25) is 6.29 Å². The molecule has 0 fully saturated rings. The number of nitrogens with zero attached hydrogens (tertiary/aromatic N) is 1. The van der Waals surface area contributed by atoms with Crippen LogP contribution in [0.2, 0.25) is 0 Å². The van der Waals surface area contributed by atoms with Crippen LogP contribution in [0.4, 0.5) is 0 Å². The molecule has 0 saturated carbocycles. The second kappa shape index (κ2) is 8.05. The number of H-pyrrole nitrogens is 1. The summed E-state index contributed by atoms with van der Waals surface area (Å²) in [5.41, 5.74) is 0.945. The van der Waals surface area contributed by atoms with Gasteiger partial charge in [0, 0.05) is 19.6 Å². The zero-order valence-electron chi connectivity index (χ0n) is 10.8. The quantitative estimate of drug-likeness (QED) is 0.576. The maximum Gasteiger partial charge on any atom is 0.201 e. The molecule has 17 heavy (non-hydrogen) atoms. The van der Waals surface area contributed by atoms with E-state index >= 15 is 0 Å². The van der Waals surface area contributed by atoms with Crippen molar-refractivity contribution in [3.05, 3.63) is 15.2 Å². The highest BCUT2D eigenvalue weighted by molar-refractivity contribution is 14.1. The van der Waals surface area contributed by atoms with Crippen molar-refractivity contribution in [2.24, 2.45) is 0 Å². The largest absolute Gasteiger partial charge is 0.347 e. The van der Waals surface area contributed by atoms with E-state index in [-0.39, 0.29) is 6.29 Å². The molecule has 0 amide bonds. The number of aromatic amines is 1. The van der Waals surface area contributed by atoms with E-state index < -0.39 is 0 Å². The van der Waals surface area contributed by atoms with Gasteiger partial charge in [0.15, 0.2) is 0 Å². The van der Waals surface area contributed by atoms with E-state index in [1.807, 2.05) is 13.8 Å². The van der Waals surface area contributed by atoms with E-state index in [0.29, 0.717) is 13.2 Å². The van der Waals surface area contributed by atoms with Crippen molar-refractivity contribution in [3.8, 4) is 0 Å². The van der Waals surface area contributed by atoms with Gasteiger partial charge in [-0.2, -0.15) is 0 Å². The Kier molecular flexibility index (Phi) is 7.06. The molecule has 1 N–H and O–H groups in total. The van der Waals surface area contributed by atoms with E-state index in [4.69, 9.17) is 9.47 Å². The lowest BCUT2D eigenvalue weighted by molar-refractivity contribution is -0.143. The number of halogens is 1. The summed E-state index contributed by atoms with van der Waals surface area (Å²) in [6.07, 6.45) is 2.99. The fourth-order valence-electron chi connectivity index (χ4n) is 1.55. The number of rotatable bonds is 8. The molecule has 4 nitrogen and oxygen atoms in total. The second-order valence-corrected chi connectivity index (χ2v) is 4.76. The van der Waals surface area contributed by atoms with Gasteiger partial charge in [0.05, 0.1) is 0 Å². The Morgan fingerprint density at radius 3 is 2.41 bits per heavy atom. The molecule has 0 aliphatic carbocycles. The van der Waals surface area contributed by atoms with Crippen LogP contribution < -0.4 is 0 Å². The van der Waals surface area contributed by atoms with Crippen LogP contribution in [0.3, 0.4) is 0 Å². The third kappa shape index (κ3) is 4.56. The molecule has 0 aliphatic heterocycles. The maximum absolute atomic E-state index is 5.57. The molecule has 0 aliphatic rings. The Morgan fingerprint density at radius 1 is 1.24 bits per heavy atom. The van der Waals surface area contributed by atoms with Gasteiger partial charge in [0.25, 0.3) is 0 Å². The third-order valence-corrected chi connectivity index (χ3v) is 3.20. The number of ether oxygens (including phenoxy) is 2. The molecule has 0 bridgehead atoms. The molecule has 0 unspecified atom stereocenters. The summed E-state index contributed by atoms with van der Waals surface area (Å²) < 4.78 is 12.1. The zero-order valence-corrected chi connectivity index (χ0v) is 12.9. The van der Waals surface area contributed by atoms with E-state index in [0.717, 1.165) is 28.1 Å². The Bertz CT molecular complexity index is 322. The van der Waals surface area contributed by atoms with Crippen LogP contribution in [-0.4, -0.2) is 23.2 Å². The van der Waals surface area contributed by atoms with Crippen LogP contribution in [0.5, 0.6) is 0 Å². The van der Waals surface area contributed by atoms with Crippen LogP contribution in [0.1, 0.15) is 51.4 Å². The van der Waals surface area contributed by atoms with Crippen molar-refractivity contribution in [2.45, 2.75) is 46.3 Å². The van der Waals surface area contributed by atoms with E-state index in [9.17, 15) is 0 Å². The molecule has 5 heteroatoms. The fraction of sp³-hybridized carbons (Fsp3) is 0.750. The minimum Gasteiger partial charge on any atom is -0.347 e. The van der Waals surface area contributed by atoms with Crippen LogP contribution in [0.25, 0.3) is 0 Å². The average molecular weight is 352 g/mol. The number of aromatic nitrogens is 2. The Morgan fingerprint density at radius 2 is 1.88 bits per heavy atom. The minimum absolute atomic E-state index is 0.320. The average Bonchev–Trinajstić information content (AvgIpc) is 2.67. The lowest BCUT2D eigenvalue weighted by Crippen LogP contribution is -2.10. The molecule has 98 valence electrons. The Labute approximate surface area is 117 Å². The SMILES string of the molecule is CCCCc1nc(I)c(C(OCC)OCC)[nH]1. The third-order valence-electron chi connectivity index (χ3n) is 2.37. The molecule has 1 aromatic rings. The van der Waals surface area contributed by atoms with Crippen molar-refractivity contribution in [3.63, 3.8) is 0 Å². The predicted molar refractivity (Wildman–Crippen MR) is 75.9 cm³/mol. The Balaban J connectivity index is 2.75. The molecule has 0 saturated heterocycles. The molecule has 0 atom stereocenters. The predicted octanol–water partition coefficient (Wildman–Crippen LogP) is 3.43. The van der Waals surface area contributed by atoms with Gasteiger partial charge in [0.1, 0.15) is 15.2 Å². The molecule has 1 aromatic heterocycles. The summed E-state index contributed by atoms with van der Waals surface area (Å²) in [7, 11) is 0.